The summed E-state index contributed by atoms with van der Waals surface area (Å²) in [5.41, 5.74) is 2.21. The second-order valence-corrected chi connectivity index (χ2v) is 6.38. The first kappa shape index (κ1) is 16.3. The topological polar surface area (TPSA) is 53.5 Å². The number of likely N-dealkylation sites (N-methyl/N-ethyl adjacent to an activating group) is 1. The van der Waals surface area contributed by atoms with Gasteiger partial charge in [0.05, 0.1) is 26.7 Å². The van der Waals surface area contributed by atoms with Crippen LogP contribution in [0.3, 0.4) is 0 Å². The zero-order chi connectivity index (χ0) is 15.9. The van der Waals surface area contributed by atoms with Crippen molar-refractivity contribution in [1.82, 2.24) is 4.98 Å². The van der Waals surface area contributed by atoms with Gasteiger partial charge in [0, 0.05) is 22.9 Å². The third-order valence-corrected chi connectivity index (χ3v) is 4.53. The Balaban J connectivity index is 2.07. The first-order chi connectivity index (χ1) is 10.6. The summed E-state index contributed by atoms with van der Waals surface area (Å²) in [6.45, 7) is 2.60. The summed E-state index contributed by atoms with van der Waals surface area (Å²) in [5, 5.41) is 12.1. The van der Waals surface area contributed by atoms with Crippen LogP contribution < -0.4 is 4.90 Å². The van der Waals surface area contributed by atoms with Crippen molar-refractivity contribution in [3.63, 3.8) is 0 Å². The average Bonchev–Trinajstić information content (AvgIpc) is 2.94. The van der Waals surface area contributed by atoms with Gasteiger partial charge >= 0.3 is 0 Å². The summed E-state index contributed by atoms with van der Waals surface area (Å²) >= 11 is 1.51. The van der Waals surface area contributed by atoms with Crippen LogP contribution in [0.25, 0.3) is 0 Å². The van der Waals surface area contributed by atoms with Crippen molar-refractivity contribution >= 4 is 17.6 Å². The highest BCUT2D eigenvalue weighted by atomic mass is 32.1. The third kappa shape index (κ3) is 4.23. The number of quaternary nitrogens is 1. The second kappa shape index (κ2) is 7.83. The van der Waals surface area contributed by atoms with Gasteiger partial charge in [-0.25, -0.2) is 4.98 Å². The fraction of sp³-hybridized carbons (Fsp3) is 0.353. The molecule has 5 heteroatoms. The van der Waals surface area contributed by atoms with Gasteiger partial charge in [-0.1, -0.05) is 30.3 Å². The lowest BCUT2D eigenvalue weighted by atomic mass is 10.1. The number of hydrogen-bond donors (Lipinski definition) is 1. The molecule has 22 heavy (non-hydrogen) atoms. The Kier molecular flexibility index (Phi) is 5.82. The predicted molar refractivity (Wildman–Crippen MR) is 90.6 cm³/mol. The van der Waals surface area contributed by atoms with E-state index >= 15 is 0 Å². The van der Waals surface area contributed by atoms with Crippen LogP contribution >= 0.6 is 11.3 Å². The van der Waals surface area contributed by atoms with Gasteiger partial charge in [0.15, 0.2) is 0 Å². The maximum atomic E-state index is 9.30. The number of aromatic nitrogens is 1. The fourth-order valence-electron chi connectivity index (χ4n) is 2.25. The van der Waals surface area contributed by atoms with Gasteiger partial charge in [0.25, 0.3) is 0 Å². The molecule has 1 aromatic carbocycles. The van der Waals surface area contributed by atoms with Crippen LogP contribution in [0.5, 0.6) is 0 Å². The Hall–Kier alpha value is -2.03. The van der Waals surface area contributed by atoms with Crippen LogP contribution in [0.2, 0.25) is 0 Å². The van der Waals surface area contributed by atoms with E-state index in [-0.39, 0.29) is 12.0 Å². The zero-order valence-electron chi connectivity index (χ0n) is 13.2. The van der Waals surface area contributed by atoms with E-state index in [0.29, 0.717) is 6.54 Å². The number of benzene rings is 1. The molecule has 2 aromatic rings. The lowest BCUT2D eigenvalue weighted by molar-refractivity contribution is -0.890. The van der Waals surface area contributed by atoms with Crippen molar-refractivity contribution in [2.24, 2.45) is 4.99 Å². The minimum Gasteiger partial charge on any atom is -0.332 e. The van der Waals surface area contributed by atoms with E-state index in [1.807, 2.05) is 30.5 Å². The second-order valence-electron chi connectivity index (χ2n) is 5.49. The number of nitrogens with one attached hydrogen (secondary N) is 1. The molecule has 0 bridgehead atoms. The highest BCUT2D eigenvalue weighted by molar-refractivity contribution is 7.09. The summed E-state index contributed by atoms with van der Waals surface area (Å²) in [6, 6.07) is 12.9. The van der Waals surface area contributed by atoms with Gasteiger partial charge in [-0.05, 0) is 6.92 Å². The van der Waals surface area contributed by atoms with Crippen LogP contribution in [0, 0.1) is 18.3 Å². The van der Waals surface area contributed by atoms with E-state index in [4.69, 9.17) is 0 Å². The van der Waals surface area contributed by atoms with Gasteiger partial charge in [-0.15, -0.1) is 11.3 Å². The van der Waals surface area contributed by atoms with Gasteiger partial charge < -0.3 is 4.90 Å². The summed E-state index contributed by atoms with van der Waals surface area (Å²) in [7, 11) is 4.25. The SMILES string of the molecule is Cc1csc([C@H](C#N)C=NC[C@H](c2ccccc2)[NH+](C)C)n1. The zero-order valence-corrected chi connectivity index (χ0v) is 14.0. The largest absolute Gasteiger partial charge is 0.332 e. The molecular weight excluding hydrogens is 292 g/mol. The Morgan fingerprint density at radius 3 is 2.64 bits per heavy atom. The molecule has 1 aromatic heterocycles. The molecular formula is C17H21N4S+. The van der Waals surface area contributed by atoms with Crippen molar-refractivity contribution < 1.29 is 4.90 Å². The molecule has 1 N–H and O–H groups in total. The van der Waals surface area contributed by atoms with Crippen LogP contribution in [-0.2, 0) is 0 Å². The minimum atomic E-state index is -0.354. The number of nitriles is 1. The number of nitrogens with zero attached hydrogens (tertiary/aromatic N) is 3. The third-order valence-electron chi connectivity index (χ3n) is 3.48. The van der Waals surface area contributed by atoms with Crippen molar-refractivity contribution in [2.45, 2.75) is 18.9 Å². The maximum absolute atomic E-state index is 9.30. The van der Waals surface area contributed by atoms with Crippen LogP contribution in [-0.4, -0.2) is 31.8 Å². The molecule has 0 fully saturated rings. The minimum absolute atomic E-state index is 0.287. The molecule has 0 radical (unpaired) electrons. The van der Waals surface area contributed by atoms with Gasteiger partial charge in [0.2, 0.25) is 0 Å². The molecule has 0 amide bonds. The number of thiazole rings is 1. The molecule has 4 nitrogen and oxygen atoms in total. The summed E-state index contributed by atoms with van der Waals surface area (Å²) in [4.78, 5) is 10.2. The molecule has 0 unspecified atom stereocenters. The van der Waals surface area contributed by atoms with E-state index in [9.17, 15) is 5.26 Å². The Morgan fingerprint density at radius 1 is 1.36 bits per heavy atom. The molecule has 0 saturated heterocycles. The molecule has 2 rings (SSSR count). The molecule has 1 heterocycles. The summed E-state index contributed by atoms with van der Waals surface area (Å²) < 4.78 is 0. The van der Waals surface area contributed by atoms with Crippen molar-refractivity contribution in [1.29, 1.82) is 5.26 Å². The number of aryl methyl sites for hydroxylation is 1. The molecule has 0 aliphatic rings. The lowest BCUT2D eigenvalue weighted by Gasteiger charge is -2.20. The van der Waals surface area contributed by atoms with Gasteiger partial charge in [-0.2, -0.15) is 5.26 Å². The molecule has 0 spiro atoms. The van der Waals surface area contributed by atoms with Gasteiger partial charge in [0.1, 0.15) is 17.0 Å². The molecule has 2 atom stereocenters. The predicted octanol–water partition coefficient (Wildman–Crippen LogP) is 2.02. The van der Waals surface area contributed by atoms with Crippen molar-refractivity contribution in [3.05, 3.63) is 52.0 Å². The summed E-state index contributed by atoms with van der Waals surface area (Å²) in [6.07, 6.45) is 1.73. The lowest BCUT2D eigenvalue weighted by Crippen LogP contribution is -3.06. The van der Waals surface area contributed by atoms with Crippen LogP contribution in [0.1, 0.15) is 28.2 Å². The van der Waals surface area contributed by atoms with Crippen LogP contribution in [0.4, 0.5) is 0 Å². The van der Waals surface area contributed by atoms with Crippen LogP contribution in [0.15, 0.2) is 40.7 Å². The van der Waals surface area contributed by atoms with E-state index in [0.717, 1.165) is 10.7 Å². The highest BCUT2D eigenvalue weighted by Crippen LogP contribution is 2.18. The standard InChI is InChI=1S/C17H20N4S/c1-13-12-22-17(20-13)15(9-18)10-19-11-16(21(2)3)14-7-5-4-6-8-14/h4-8,10,12,15-16H,11H2,1-3H3/p+1/t15-,16-/m1/s1. The Labute approximate surface area is 135 Å². The van der Waals surface area contributed by atoms with Gasteiger partial charge in [-0.3, -0.25) is 4.99 Å². The summed E-state index contributed by atoms with van der Waals surface area (Å²) in [5.74, 6) is -0.354. The quantitative estimate of drug-likeness (QED) is 0.830. The number of hydrogen-bond acceptors (Lipinski definition) is 4. The number of rotatable bonds is 6. The monoisotopic (exact) mass is 313 g/mol. The maximum Gasteiger partial charge on any atom is 0.133 e. The molecule has 0 aliphatic carbocycles. The van der Waals surface area contributed by atoms with E-state index in [1.54, 1.807) is 6.21 Å². The fourth-order valence-corrected chi connectivity index (χ4v) is 3.05. The normalized spacial score (nSPS) is 14.1. The number of aliphatic imine (C=N–C) groups is 1. The van der Waals surface area contributed by atoms with Crippen molar-refractivity contribution in [2.75, 3.05) is 20.6 Å². The first-order valence-electron chi connectivity index (χ1n) is 7.28. The average molecular weight is 313 g/mol. The highest BCUT2D eigenvalue weighted by Gasteiger charge is 2.17. The van der Waals surface area contributed by atoms with E-state index < -0.39 is 0 Å². The smallest absolute Gasteiger partial charge is 0.133 e. The molecule has 0 saturated carbocycles. The van der Waals surface area contributed by atoms with E-state index in [2.05, 4.69) is 42.3 Å². The first-order valence-corrected chi connectivity index (χ1v) is 8.16. The van der Waals surface area contributed by atoms with E-state index in [1.165, 1.54) is 21.8 Å². The Morgan fingerprint density at radius 2 is 2.09 bits per heavy atom. The Bertz CT molecular complexity index is 655. The molecule has 114 valence electrons. The van der Waals surface area contributed by atoms with Crippen molar-refractivity contribution in [3.8, 4) is 6.07 Å². The molecule has 0 aliphatic heterocycles.